The molecule has 0 spiro atoms. The van der Waals surface area contributed by atoms with E-state index < -0.39 is 10.0 Å². The first kappa shape index (κ1) is 15.3. The Labute approximate surface area is 132 Å². The number of benzene rings is 1. The van der Waals surface area contributed by atoms with Crippen LogP contribution in [0, 0.1) is 9.49 Å². The van der Waals surface area contributed by atoms with Crippen molar-refractivity contribution in [2.75, 3.05) is 23.6 Å². The average molecular weight is 415 g/mol. The SMILES string of the molecule is O=S(=O)(CC1CCCNC1)Nc1ccc(I)cc1Cl. The van der Waals surface area contributed by atoms with Gasteiger partial charge in [-0.2, -0.15) is 0 Å². The molecular formula is C12H16ClIN2O2S. The maximum atomic E-state index is 12.1. The molecule has 0 saturated carbocycles. The minimum Gasteiger partial charge on any atom is -0.316 e. The van der Waals surface area contributed by atoms with Crippen LogP contribution in [0.4, 0.5) is 5.69 Å². The van der Waals surface area contributed by atoms with Crippen molar-refractivity contribution in [2.45, 2.75) is 12.8 Å². The van der Waals surface area contributed by atoms with Gasteiger partial charge in [-0.3, -0.25) is 4.72 Å². The number of hydrogen-bond donors (Lipinski definition) is 2. The third-order valence-corrected chi connectivity index (χ3v) is 5.48. The van der Waals surface area contributed by atoms with Crippen molar-refractivity contribution in [1.82, 2.24) is 5.32 Å². The molecule has 1 saturated heterocycles. The van der Waals surface area contributed by atoms with Gasteiger partial charge in [0.2, 0.25) is 10.0 Å². The molecule has 0 aromatic heterocycles. The summed E-state index contributed by atoms with van der Waals surface area (Å²) in [6, 6.07) is 5.26. The number of anilines is 1. The summed E-state index contributed by atoms with van der Waals surface area (Å²) >= 11 is 8.17. The highest BCUT2D eigenvalue weighted by Gasteiger charge is 2.21. The van der Waals surface area contributed by atoms with E-state index in [4.69, 9.17) is 11.6 Å². The molecule has 0 bridgehead atoms. The second kappa shape index (κ2) is 6.60. The maximum absolute atomic E-state index is 12.1. The molecule has 7 heteroatoms. The summed E-state index contributed by atoms with van der Waals surface area (Å²) in [7, 11) is -3.35. The number of hydrogen-bond acceptors (Lipinski definition) is 3. The molecule has 0 aliphatic carbocycles. The summed E-state index contributed by atoms with van der Waals surface area (Å²) in [5, 5.41) is 3.65. The van der Waals surface area contributed by atoms with Crippen LogP contribution in [0.2, 0.25) is 5.02 Å². The van der Waals surface area contributed by atoms with Gasteiger partial charge in [0, 0.05) is 3.57 Å². The van der Waals surface area contributed by atoms with Crippen molar-refractivity contribution in [2.24, 2.45) is 5.92 Å². The van der Waals surface area contributed by atoms with E-state index in [9.17, 15) is 8.42 Å². The van der Waals surface area contributed by atoms with Crippen LogP contribution in [-0.2, 0) is 10.0 Å². The predicted octanol–water partition coefficient (Wildman–Crippen LogP) is 2.69. The van der Waals surface area contributed by atoms with Gasteiger partial charge in [-0.25, -0.2) is 8.42 Å². The van der Waals surface area contributed by atoms with Crippen LogP contribution in [0.5, 0.6) is 0 Å². The van der Waals surface area contributed by atoms with Crippen LogP contribution in [-0.4, -0.2) is 27.3 Å². The molecule has 1 aromatic rings. The molecule has 1 aliphatic rings. The molecule has 4 nitrogen and oxygen atoms in total. The van der Waals surface area contributed by atoms with Gasteiger partial charge in [-0.15, -0.1) is 0 Å². The van der Waals surface area contributed by atoms with Crippen LogP contribution < -0.4 is 10.0 Å². The quantitative estimate of drug-likeness (QED) is 0.745. The second-order valence-corrected chi connectivity index (χ2v) is 8.14. The van der Waals surface area contributed by atoms with Crippen molar-refractivity contribution in [1.29, 1.82) is 0 Å². The van der Waals surface area contributed by atoms with E-state index in [1.54, 1.807) is 12.1 Å². The smallest absolute Gasteiger partial charge is 0.233 e. The summed E-state index contributed by atoms with van der Waals surface area (Å²) in [5.74, 6) is 0.316. The highest BCUT2D eigenvalue weighted by atomic mass is 127. The highest BCUT2D eigenvalue weighted by Crippen LogP contribution is 2.25. The van der Waals surface area contributed by atoms with Gasteiger partial charge in [0.05, 0.1) is 16.5 Å². The largest absolute Gasteiger partial charge is 0.316 e. The summed E-state index contributed by atoms with van der Waals surface area (Å²) < 4.78 is 27.8. The second-order valence-electron chi connectivity index (χ2n) is 4.72. The van der Waals surface area contributed by atoms with E-state index in [1.807, 2.05) is 6.07 Å². The normalized spacial score (nSPS) is 20.2. The lowest BCUT2D eigenvalue weighted by molar-refractivity contribution is 0.404. The summed E-state index contributed by atoms with van der Waals surface area (Å²) in [4.78, 5) is 0. The highest BCUT2D eigenvalue weighted by molar-refractivity contribution is 14.1. The molecular weight excluding hydrogens is 399 g/mol. The van der Waals surface area contributed by atoms with Crippen molar-refractivity contribution in [3.63, 3.8) is 0 Å². The Bertz CT molecular complexity index is 545. The lowest BCUT2D eigenvalue weighted by Crippen LogP contribution is -2.35. The molecule has 1 unspecified atom stereocenters. The first-order chi connectivity index (χ1) is 8.96. The van der Waals surface area contributed by atoms with Gasteiger partial charge in [0.1, 0.15) is 0 Å². The number of piperidine rings is 1. The lowest BCUT2D eigenvalue weighted by atomic mass is 10.0. The number of halogens is 2. The zero-order valence-electron chi connectivity index (χ0n) is 10.3. The van der Waals surface area contributed by atoms with Crippen molar-refractivity contribution in [3.05, 3.63) is 26.8 Å². The summed E-state index contributed by atoms with van der Waals surface area (Å²) in [6.45, 7) is 1.74. The Morgan fingerprint density at radius 2 is 2.26 bits per heavy atom. The average Bonchev–Trinajstić information content (AvgIpc) is 2.33. The maximum Gasteiger partial charge on any atom is 0.233 e. The molecule has 2 rings (SSSR count). The Morgan fingerprint density at radius 3 is 2.89 bits per heavy atom. The fourth-order valence-electron chi connectivity index (χ4n) is 2.16. The lowest BCUT2D eigenvalue weighted by Gasteiger charge is -2.22. The van der Waals surface area contributed by atoms with Gasteiger partial charge >= 0.3 is 0 Å². The molecule has 1 atom stereocenters. The molecule has 19 heavy (non-hydrogen) atoms. The molecule has 1 fully saturated rings. The Kier molecular flexibility index (Phi) is 5.33. The molecule has 1 heterocycles. The summed E-state index contributed by atoms with van der Waals surface area (Å²) in [6.07, 6.45) is 1.98. The minimum absolute atomic E-state index is 0.141. The van der Waals surface area contributed by atoms with E-state index in [2.05, 4.69) is 32.6 Å². The topological polar surface area (TPSA) is 58.2 Å². The van der Waals surface area contributed by atoms with Crippen LogP contribution in [0.25, 0.3) is 0 Å². The zero-order chi connectivity index (χ0) is 13.9. The van der Waals surface area contributed by atoms with Crippen molar-refractivity contribution in [3.8, 4) is 0 Å². The fourth-order valence-corrected chi connectivity index (χ4v) is 4.62. The van der Waals surface area contributed by atoms with E-state index in [0.717, 1.165) is 29.5 Å². The van der Waals surface area contributed by atoms with E-state index in [0.29, 0.717) is 10.7 Å². The fraction of sp³-hybridized carbons (Fsp3) is 0.500. The Hall–Kier alpha value is -0.0500. The number of nitrogens with one attached hydrogen (secondary N) is 2. The first-order valence-corrected chi connectivity index (χ1v) is 9.23. The van der Waals surface area contributed by atoms with E-state index in [-0.39, 0.29) is 11.7 Å². The Morgan fingerprint density at radius 1 is 1.47 bits per heavy atom. The van der Waals surface area contributed by atoms with Crippen molar-refractivity contribution < 1.29 is 8.42 Å². The van der Waals surface area contributed by atoms with Gasteiger partial charge in [0.15, 0.2) is 0 Å². The number of sulfonamides is 1. The molecule has 0 radical (unpaired) electrons. The van der Waals surface area contributed by atoms with Crippen LogP contribution >= 0.6 is 34.2 Å². The van der Waals surface area contributed by atoms with E-state index in [1.165, 1.54) is 0 Å². The zero-order valence-corrected chi connectivity index (χ0v) is 14.1. The molecule has 0 amide bonds. The van der Waals surface area contributed by atoms with Gasteiger partial charge < -0.3 is 5.32 Å². The third-order valence-electron chi connectivity index (χ3n) is 3.05. The molecule has 1 aliphatic heterocycles. The molecule has 2 N–H and O–H groups in total. The predicted molar refractivity (Wildman–Crippen MR) is 87.2 cm³/mol. The van der Waals surface area contributed by atoms with Crippen LogP contribution in [0.3, 0.4) is 0 Å². The Balaban J connectivity index is 2.03. The third kappa shape index (κ3) is 4.77. The van der Waals surface area contributed by atoms with Gasteiger partial charge in [-0.1, -0.05) is 11.6 Å². The standard InChI is InChI=1S/C12H16ClIN2O2S/c13-11-6-10(14)3-4-12(11)16-19(17,18)8-9-2-1-5-15-7-9/h3-4,6,9,15-16H,1-2,5,7-8H2. The van der Waals surface area contributed by atoms with Crippen LogP contribution in [0.15, 0.2) is 18.2 Å². The van der Waals surface area contributed by atoms with Gasteiger partial charge in [0.25, 0.3) is 0 Å². The van der Waals surface area contributed by atoms with Crippen molar-refractivity contribution >= 4 is 49.9 Å². The van der Waals surface area contributed by atoms with Gasteiger partial charge in [-0.05, 0) is 72.6 Å². The first-order valence-electron chi connectivity index (χ1n) is 6.12. The van der Waals surface area contributed by atoms with Crippen LogP contribution in [0.1, 0.15) is 12.8 Å². The summed E-state index contributed by atoms with van der Waals surface area (Å²) in [5.41, 5.74) is 0.450. The monoisotopic (exact) mass is 414 g/mol. The molecule has 1 aromatic carbocycles. The molecule has 106 valence electrons. The van der Waals surface area contributed by atoms with E-state index >= 15 is 0 Å². The minimum atomic E-state index is -3.35. The number of rotatable bonds is 4.